The molecule has 0 aromatic heterocycles. The van der Waals surface area contributed by atoms with Crippen molar-refractivity contribution in [1.82, 2.24) is 5.32 Å². The zero-order valence-corrected chi connectivity index (χ0v) is 13.8. The number of carbonyl (C=O) groups excluding carboxylic acids is 1. The number of hydrogen-bond acceptors (Lipinski definition) is 2. The van der Waals surface area contributed by atoms with Crippen LogP contribution in [0.25, 0.3) is 0 Å². The van der Waals surface area contributed by atoms with E-state index in [2.05, 4.69) is 43.8 Å². The third-order valence-corrected chi connectivity index (χ3v) is 4.96. The minimum atomic E-state index is -0.817. The molecule has 0 heterocycles. The number of halogens is 2. The first kappa shape index (κ1) is 14.8. The van der Waals surface area contributed by atoms with Gasteiger partial charge in [0.2, 0.25) is 0 Å². The van der Waals surface area contributed by atoms with Crippen LogP contribution in [0.3, 0.4) is 0 Å². The standard InChI is InChI=1S/C13H13BrINO3/c14-8-2-3-10(15)9(6-8)11(17)16-7-13(12(18)19)4-1-5-13/h2-3,6H,1,4-5,7H2,(H,16,17)(H,18,19). The summed E-state index contributed by atoms with van der Waals surface area (Å²) in [5, 5.41) is 12.0. The first-order valence-electron chi connectivity index (χ1n) is 5.91. The van der Waals surface area contributed by atoms with Gasteiger partial charge in [0.25, 0.3) is 5.91 Å². The third-order valence-electron chi connectivity index (χ3n) is 3.52. The lowest BCUT2D eigenvalue weighted by atomic mass is 9.69. The number of carbonyl (C=O) groups is 2. The molecule has 2 rings (SSSR count). The number of carboxylic acids is 1. The number of nitrogens with one attached hydrogen (secondary N) is 1. The van der Waals surface area contributed by atoms with Crippen molar-refractivity contribution in [3.8, 4) is 0 Å². The molecular weight excluding hydrogens is 425 g/mol. The molecule has 1 aromatic carbocycles. The van der Waals surface area contributed by atoms with Crippen LogP contribution in [0.4, 0.5) is 0 Å². The molecule has 1 amide bonds. The second-order valence-corrected chi connectivity index (χ2v) is 6.82. The van der Waals surface area contributed by atoms with E-state index in [1.807, 2.05) is 12.1 Å². The summed E-state index contributed by atoms with van der Waals surface area (Å²) >= 11 is 5.42. The molecule has 1 aromatic rings. The van der Waals surface area contributed by atoms with Gasteiger partial charge in [-0.3, -0.25) is 9.59 Å². The number of hydrogen-bond donors (Lipinski definition) is 2. The van der Waals surface area contributed by atoms with E-state index < -0.39 is 11.4 Å². The van der Waals surface area contributed by atoms with Crippen LogP contribution in [0.2, 0.25) is 0 Å². The van der Waals surface area contributed by atoms with E-state index in [4.69, 9.17) is 0 Å². The molecule has 1 aliphatic carbocycles. The summed E-state index contributed by atoms with van der Waals surface area (Å²) < 4.78 is 1.67. The van der Waals surface area contributed by atoms with Gasteiger partial charge in [0.1, 0.15) is 0 Å². The lowest BCUT2D eigenvalue weighted by Crippen LogP contribution is -2.47. The Hall–Kier alpha value is -0.630. The van der Waals surface area contributed by atoms with Gasteiger partial charge < -0.3 is 10.4 Å². The van der Waals surface area contributed by atoms with Crippen molar-refractivity contribution in [2.45, 2.75) is 19.3 Å². The number of benzene rings is 1. The van der Waals surface area contributed by atoms with Crippen LogP contribution in [-0.4, -0.2) is 23.5 Å². The largest absolute Gasteiger partial charge is 0.481 e. The predicted molar refractivity (Wildman–Crippen MR) is 83.1 cm³/mol. The Morgan fingerprint density at radius 1 is 1.42 bits per heavy atom. The first-order valence-corrected chi connectivity index (χ1v) is 7.78. The molecule has 1 saturated carbocycles. The molecule has 6 heteroatoms. The van der Waals surface area contributed by atoms with Gasteiger partial charge in [-0.05, 0) is 53.6 Å². The average Bonchev–Trinajstić information content (AvgIpc) is 2.30. The fraction of sp³-hybridized carbons (Fsp3) is 0.385. The molecule has 2 N–H and O–H groups in total. The highest BCUT2D eigenvalue weighted by Crippen LogP contribution is 2.40. The SMILES string of the molecule is O=C(NCC1(C(=O)O)CCC1)c1cc(Br)ccc1I. The van der Waals surface area contributed by atoms with Gasteiger partial charge in [0, 0.05) is 14.6 Å². The van der Waals surface area contributed by atoms with Crippen molar-refractivity contribution < 1.29 is 14.7 Å². The highest BCUT2D eigenvalue weighted by molar-refractivity contribution is 14.1. The Balaban J connectivity index is 2.05. The monoisotopic (exact) mass is 437 g/mol. The van der Waals surface area contributed by atoms with E-state index in [1.165, 1.54) is 0 Å². The van der Waals surface area contributed by atoms with E-state index in [9.17, 15) is 14.7 Å². The summed E-state index contributed by atoms with van der Waals surface area (Å²) in [5.41, 5.74) is -0.192. The van der Waals surface area contributed by atoms with E-state index in [0.29, 0.717) is 18.4 Å². The van der Waals surface area contributed by atoms with Gasteiger partial charge in [0.05, 0.1) is 11.0 Å². The molecule has 0 unspecified atom stereocenters. The fourth-order valence-electron chi connectivity index (χ4n) is 2.09. The molecule has 1 aliphatic rings. The second kappa shape index (κ2) is 5.78. The van der Waals surface area contributed by atoms with Gasteiger partial charge in [0.15, 0.2) is 0 Å². The molecule has 0 aliphatic heterocycles. The third kappa shape index (κ3) is 3.10. The van der Waals surface area contributed by atoms with E-state index in [-0.39, 0.29) is 12.5 Å². The molecule has 102 valence electrons. The van der Waals surface area contributed by atoms with Crippen LogP contribution < -0.4 is 5.32 Å². The summed E-state index contributed by atoms with van der Waals surface area (Å²) in [6, 6.07) is 5.45. The quantitative estimate of drug-likeness (QED) is 0.711. The Morgan fingerprint density at radius 2 is 2.11 bits per heavy atom. The van der Waals surface area contributed by atoms with E-state index in [1.54, 1.807) is 6.07 Å². The highest BCUT2D eigenvalue weighted by atomic mass is 127. The zero-order valence-electron chi connectivity index (χ0n) is 10.1. The maximum atomic E-state index is 12.1. The molecule has 0 atom stereocenters. The minimum absolute atomic E-state index is 0.198. The summed E-state index contributed by atoms with van der Waals surface area (Å²) in [5.74, 6) is -1.04. The Labute approximate surface area is 133 Å². The molecule has 0 spiro atoms. The van der Waals surface area contributed by atoms with Crippen LogP contribution in [0.1, 0.15) is 29.6 Å². The summed E-state index contributed by atoms with van der Waals surface area (Å²) in [7, 11) is 0. The maximum Gasteiger partial charge on any atom is 0.311 e. The topological polar surface area (TPSA) is 66.4 Å². The van der Waals surface area contributed by atoms with Gasteiger partial charge >= 0.3 is 5.97 Å². The first-order chi connectivity index (χ1) is 8.94. The summed E-state index contributed by atoms with van der Waals surface area (Å²) in [6.07, 6.45) is 2.19. The van der Waals surface area contributed by atoms with Crippen LogP contribution in [0.15, 0.2) is 22.7 Å². The second-order valence-electron chi connectivity index (χ2n) is 4.75. The van der Waals surface area contributed by atoms with Crippen molar-refractivity contribution in [1.29, 1.82) is 0 Å². The molecule has 1 fully saturated rings. The smallest absolute Gasteiger partial charge is 0.311 e. The Morgan fingerprint density at radius 3 is 2.63 bits per heavy atom. The fourth-order valence-corrected chi connectivity index (χ4v) is 3.03. The van der Waals surface area contributed by atoms with Gasteiger partial charge in [-0.2, -0.15) is 0 Å². The van der Waals surface area contributed by atoms with Gasteiger partial charge in [-0.25, -0.2) is 0 Å². The van der Waals surface area contributed by atoms with Crippen LogP contribution in [-0.2, 0) is 4.79 Å². The molecule has 19 heavy (non-hydrogen) atoms. The number of rotatable bonds is 4. The molecule has 4 nitrogen and oxygen atoms in total. The van der Waals surface area contributed by atoms with Gasteiger partial charge in [-0.15, -0.1) is 0 Å². The predicted octanol–water partition coefficient (Wildman–Crippen LogP) is 3.04. The average molecular weight is 438 g/mol. The van der Waals surface area contributed by atoms with Crippen molar-refractivity contribution in [2.24, 2.45) is 5.41 Å². The van der Waals surface area contributed by atoms with Crippen molar-refractivity contribution in [2.75, 3.05) is 6.54 Å². The lowest BCUT2D eigenvalue weighted by Gasteiger charge is -2.37. The molecular formula is C13H13BrINO3. The Bertz CT molecular complexity index is 529. The van der Waals surface area contributed by atoms with Crippen LogP contribution >= 0.6 is 38.5 Å². The minimum Gasteiger partial charge on any atom is -0.481 e. The Kier molecular flexibility index (Phi) is 4.50. The van der Waals surface area contributed by atoms with Crippen molar-refractivity contribution >= 4 is 50.4 Å². The van der Waals surface area contributed by atoms with Crippen molar-refractivity contribution in [3.05, 3.63) is 31.8 Å². The van der Waals surface area contributed by atoms with Crippen molar-refractivity contribution in [3.63, 3.8) is 0 Å². The normalized spacial score (nSPS) is 16.5. The molecule has 0 saturated heterocycles. The number of amides is 1. The number of aliphatic carboxylic acids is 1. The number of carboxylic acid groups (broad SMARTS) is 1. The molecule has 0 radical (unpaired) electrons. The highest BCUT2D eigenvalue weighted by Gasteiger charge is 2.44. The summed E-state index contributed by atoms with van der Waals surface area (Å²) in [4.78, 5) is 23.3. The van der Waals surface area contributed by atoms with Gasteiger partial charge in [-0.1, -0.05) is 22.4 Å². The zero-order chi connectivity index (χ0) is 14.0. The van der Waals surface area contributed by atoms with Crippen LogP contribution in [0, 0.1) is 8.99 Å². The molecule has 0 bridgehead atoms. The summed E-state index contributed by atoms with van der Waals surface area (Å²) in [6.45, 7) is 0.198. The maximum absolute atomic E-state index is 12.1. The van der Waals surface area contributed by atoms with E-state index in [0.717, 1.165) is 14.5 Å². The van der Waals surface area contributed by atoms with Crippen LogP contribution in [0.5, 0.6) is 0 Å². The van der Waals surface area contributed by atoms with E-state index >= 15 is 0 Å². The lowest BCUT2D eigenvalue weighted by molar-refractivity contribution is -0.153.